The number of para-hydroxylation sites is 1. The molecule has 10 heteroatoms. The fraction of sp³-hybridized carbons (Fsp3) is 0.605. The highest BCUT2D eigenvalue weighted by molar-refractivity contribution is 5.96. The molecule has 1 unspecified atom stereocenters. The maximum atomic E-state index is 14.2. The third-order valence-electron chi connectivity index (χ3n) is 9.28. The Morgan fingerprint density at radius 2 is 1.79 bits per heavy atom. The molecule has 0 radical (unpaired) electrons. The van der Waals surface area contributed by atoms with Crippen LogP contribution in [0.25, 0.3) is 0 Å². The number of methoxy groups -OCH3 is 1. The van der Waals surface area contributed by atoms with E-state index in [-0.39, 0.29) is 41.8 Å². The smallest absolute Gasteiger partial charge is 0.410 e. The van der Waals surface area contributed by atoms with Gasteiger partial charge in [-0.1, -0.05) is 38.1 Å². The summed E-state index contributed by atoms with van der Waals surface area (Å²) in [4.78, 5) is 44.9. The lowest BCUT2D eigenvalue weighted by Crippen LogP contribution is -2.55. The predicted octanol–water partition coefficient (Wildman–Crippen LogP) is 6.53. The van der Waals surface area contributed by atoms with Crippen molar-refractivity contribution in [1.29, 1.82) is 0 Å². The Hall–Kier alpha value is -3.63. The van der Waals surface area contributed by atoms with Gasteiger partial charge in [-0.3, -0.25) is 9.59 Å². The van der Waals surface area contributed by atoms with Gasteiger partial charge in [-0.25, -0.2) is 14.8 Å². The molecule has 2 heterocycles. The number of likely N-dealkylation sites (N-methyl/N-ethyl adjacent to an activating group) is 1. The van der Waals surface area contributed by atoms with E-state index in [4.69, 9.17) is 14.2 Å². The van der Waals surface area contributed by atoms with Crippen molar-refractivity contribution in [2.75, 3.05) is 52.0 Å². The van der Waals surface area contributed by atoms with E-state index in [9.17, 15) is 14.4 Å². The average Bonchev–Trinajstić information content (AvgIpc) is 3.42. The minimum absolute atomic E-state index is 0.0248. The van der Waals surface area contributed by atoms with Gasteiger partial charge in [0.15, 0.2) is 0 Å². The zero-order chi connectivity index (χ0) is 35.2. The molecule has 48 heavy (non-hydrogen) atoms. The van der Waals surface area contributed by atoms with E-state index in [1.807, 2.05) is 88.0 Å². The van der Waals surface area contributed by atoms with Crippen LogP contribution >= 0.6 is 0 Å². The summed E-state index contributed by atoms with van der Waals surface area (Å²) in [6.45, 7) is 16.3. The Kier molecular flexibility index (Phi) is 12.5. The van der Waals surface area contributed by atoms with Crippen LogP contribution in [0.4, 0.5) is 10.5 Å². The van der Waals surface area contributed by atoms with E-state index < -0.39 is 5.60 Å². The molecule has 3 amide bonds. The van der Waals surface area contributed by atoms with Crippen LogP contribution in [0.1, 0.15) is 95.1 Å². The molecule has 0 saturated carbocycles. The number of carbonyl (C=O) groups excluding carboxylic acids is 3. The van der Waals surface area contributed by atoms with Gasteiger partial charge in [0, 0.05) is 70.8 Å². The number of aryl methyl sites for hydroxylation is 1. The maximum absolute atomic E-state index is 14.2. The van der Waals surface area contributed by atoms with Crippen molar-refractivity contribution in [3.63, 3.8) is 0 Å². The summed E-state index contributed by atoms with van der Waals surface area (Å²) in [5, 5.41) is 3.69. The number of ether oxygens (including phenoxy) is 3. The lowest BCUT2D eigenvalue weighted by molar-refractivity contribution is -0.122. The van der Waals surface area contributed by atoms with Gasteiger partial charge in [0.2, 0.25) is 5.91 Å². The van der Waals surface area contributed by atoms with E-state index in [0.717, 1.165) is 35.4 Å². The van der Waals surface area contributed by atoms with Crippen LogP contribution in [0.3, 0.4) is 0 Å². The van der Waals surface area contributed by atoms with Crippen molar-refractivity contribution < 1.29 is 28.6 Å². The summed E-state index contributed by atoms with van der Waals surface area (Å²) in [5.41, 5.74) is 2.97. The van der Waals surface area contributed by atoms with E-state index >= 15 is 0 Å². The molecule has 1 saturated heterocycles. The Morgan fingerprint density at radius 1 is 1.06 bits per heavy atom. The molecule has 4 rings (SSSR count). The van der Waals surface area contributed by atoms with Crippen molar-refractivity contribution in [3.8, 4) is 5.75 Å². The lowest BCUT2D eigenvalue weighted by atomic mass is 9.92. The van der Waals surface area contributed by atoms with Crippen LogP contribution < -0.4 is 9.75 Å². The Balaban J connectivity index is 1.61. The van der Waals surface area contributed by atoms with Crippen LogP contribution in [0.15, 0.2) is 42.5 Å². The third kappa shape index (κ3) is 8.88. The number of hydrazine groups is 1. The summed E-state index contributed by atoms with van der Waals surface area (Å²) in [6, 6.07) is 13.4. The number of nitrogens with zero attached hydrogens (tertiary/aromatic N) is 4. The topological polar surface area (TPSA) is 91.9 Å². The second kappa shape index (κ2) is 16.2. The number of fused-ring (bicyclic) bond motifs is 1. The molecule has 0 aromatic heterocycles. The van der Waals surface area contributed by atoms with Gasteiger partial charge >= 0.3 is 6.09 Å². The molecule has 3 atom stereocenters. The van der Waals surface area contributed by atoms with Crippen molar-refractivity contribution in [2.24, 2.45) is 5.92 Å². The second-order valence-corrected chi connectivity index (χ2v) is 14.4. The van der Waals surface area contributed by atoms with Crippen LogP contribution in [0, 0.1) is 5.92 Å². The first-order valence-electron chi connectivity index (χ1n) is 17.4. The fourth-order valence-electron chi connectivity index (χ4n) is 6.79. The zero-order valence-electron chi connectivity index (χ0n) is 30.5. The van der Waals surface area contributed by atoms with Crippen LogP contribution in [0.5, 0.6) is 5.75 Å². The molecule has 0 N–H and O–H groups in total. The number of amides is 3. The van der Waals surface area contributed by atoms with E-state index in [0.29, 0.717) is 51.3 Å². The maximum Gasteiger partial charge on any atom is 0.410 e. The first-order valence-corrected chi connectivity index (χ1v) is 17.4. The second-order valence-electron chi connectivity index (χ2n) is 14.4. The van der Waals surface area contributed by atoms with E-state index in [2.05, 4.69) is 19.9 Å². The number of anilines is 1. The SMILES string of the molecule is CCc1ccc(C(=O)N(C[C@H]2CCN(C(=O)OC(C)(C)C)C2CN(C)N2C(=O)C[C@@H](C)c3ccccc32)C(C)C)cc1OCCCOC. The van der Waals surface area contributed by atoms with Crippen LogP contribution in [-0.4, -0.2) is 97.4 Å². The van der Waals surface area contributed by atoms with Crippen molar-refractivity contribution in [2.45, 2.75) is 97.8 Å². The molecule has 10 nitrogen and oxygen atoms in total. The van der Waals surface area contributed by atoms with Crippen molar-refractivity contribution >= 4 is 23.6 Å². The quantitative estimate of drug-likeness (QED) is 0.225. The van der Waals surface area contributed by atoms with Crippen molar-refractivity contribution in [3.05, 3.63) is 59.2 Å². The molecule has 1 fully saturated rings. The van der Waals surface area contributed by atoms with Gasteiger partial charge in [-0.15, -0.1) is 0 Å². The van der Waals surface area contributed by atoms with E-state index in [1.54, 1.807) is 17.0 Å². The van der Waals surface area contributed by atoms with Gasteiger partial charge in [-0.05, 0) is 82.7 Å². The van der Waals surface area contributed by atoms with E-state index in [1.165, 1.54) is 0 Å². The fourth-order valence-corrected chi connectivity index (χ4v) is 6.79. The summed E-state index contributed by atoms with van der Waals surface area (Å²) in [7, 11) is 3.58. The zero-order valence-corrected chi connectivity index (χ0v) is 30.5. The number of hydrogen-bond acceptors (Lipinski definition) is 7. The number of likely N-dealkylation sites (tertiary alicyclic amines) is 1. The van der Waals surface area contributed by atoms with Gasteiger partial charge in [0.05, 0.1) is 18.3 Å². The predicted molar refractivity (Wildman–Crippen MR) is 188 cm³/mol. The highest BCUT2D eigenvalue weighted by Gasteiger charge is 2.43. The largest absolute Gasteiger partial charge is 0.493 e. The average molecular weight is 665 g/mol. The number of hydrogen-bond donors (Lipinski definition) is 0. The molecule has 0 spiro atoms. The van der Waals surface area contributed by atoms with Crippen LogP contribution in [-0.2, 0) is 20.7 Å². The molecule has 264 valence electrons. The summed E-state index contributed by atoms with van der Waals surface area (Å²) >= 11 is 0. The molecule has 2 aliphatic rings. The minimum Gasteiger partial charge on any atom is -0.493 e. The number of carbonyl (C=O) groups is 3. The molecule has 0 bridgehead atoms. The summed E-state index contributed by atoms with van der Waals surface area (Å²) in [5.74, 6) is 0.757. The van der Waals surface area contributed by atoms with Gasteiger partial charge in [0.1, 0.15) is 11.4 Å². The highest BCUT2D eigenvalue weighted by Crippen LogP contribution is 2.37. The summed E-state index contributed by atoms with van der Waals surface area (Å²) in [6.07, 6.45) is 2.29. The van der Waals surface area contributed by atoms with Crippen LogP contribution in [0.2, 0.25) is 0 Å². The molecule has 2 aromatic carbocycles. The lowest BCUT2D eigenvalue weighted by Gasteiger charge is -2.41. The van der Waals surface area contributed by atoms with Gasteiger partial charge < -0.3 is 24.0 Å². The molecular formula is C38H56N4O6. The Labute approximate surface area is 287 Å². The van der Waals surface area contributed by atoms with Gasteiger partial charge in [-0.2, -0.15) is 0 Å². The summed E-state index contributed by atoms with van der Waals surface area (Å²) < 4.78 is 17.1. The molecular weight excluding hydrogens is 608 g/mol. The molecule has 2 aliphatic heterocycles. The first kappa shape index (κ1) is 37.2. The Bertz CT molecular complexity index is 1420. The minimum atomic E-state index is -0.655. The third-order valence-corrected chi connectivity index (χ3v) is 9.28. The number of benzene rings is 2. The first-order chi connectivity index (χ1) is 22.7. The van der Waals surface area contributed by atoms with Crippen molar-refractivity contribution in [1.82, 2.24) is 14.8 Å². The standard InChI is InChI=1S/C38H56N4O6/c1-10-28-16-17-29(23-34(28)47-21-13-20-46-9)36(44)41(26(2)3)24-30-18-19-40(37(45)48-38(5,6)7)33(30)25-39(8)42-32-15-12-11-14-31(32)27(4)22-35(42)43/h11-12,14-17,23,26-27,30,33H,10,13,18-22,24-25H2,1-9H3/t27-,30-,33?/m1/s1. The monoisotopic (exact) mass is 664 g/mol. The van der Waals surface area contributed by atoms with Gasteiger partial charge in [0.25, 0.3) is 5.91 Å². The highest BCUT2D eigenvalue weighted by atomic mass is 16.6. The normalized spacial score (nSPS) is 19.6. The number of rotatable bonds is 13. The molecule has 0 aliphatic carbocycles. The molecule has 2 aromatic rings. The Morgan fingerprint density at radius 3 is 2.46 bits per heavy atom.